The second-order valence-electron chi connectivity index (χ2n) is 3.75. The van der Waals surface area contributed by atoms with Gasteiger partial charge in [0.15, 0.2) is 0 Å². The minimum absolute atomic E-state index is 0.599. The lowest BCUT2D eigenvalue weighted by Crippen LogP contribution is -1.88. The van der Waals surface area contributed by atoms with Gasteiger partial charge in [-0.25, -0.2) is 0 Å². The number of rotatable bonds is 5. The summed E-state index contributed by atoms with van der Waals surface area (Å²) in [6, 6.07) is 10.4. The Morgan fingerprint density at radius 1 is 1.27 bits per heavy atom. The van der Waals surface area contributed by atoms with Crippen molar-refractivity contribution >= 4 is 6.08 Å². The first-order chi connectivity index (χ1) is 7.33. The van der Waals surface area contributed by atoms with Crippen molar-refractivity contribution in [2.45, 2.75) is 19.8 Å². The van der Waals surface area contributed by atoms with E-state index in [9.17, 15) is 0 Å². The smallest absolute Gasteiger partial charge is 0.0103 e. The van der Waals surface area contributed by atoms with Gasteiger partial charge in [0.2, 0.25) is 0 Å². The van der Waals surface area contributed by atoms with Crippen LogP contribution in [-0.2, 0) is 0 Å². The van der Waals surface area contributed by atoms with E-state index in [4.69, 9.17) is 5.73 Å². The van der Waals surface area contributed by atoms with Crippen LogP contribution < -0.4 is 5.73 Å². The van der Waals surface area contributed by atoms with E-state index >= 15 is 0 Å². The molecule has 1 aromatic carbocycles. The Morgan fingerprint density at radius 2 is 2.00 bits per heavy atom. The largest absolute Gasteiger partial charge is 0.405 e. The summed E-state index contributed by atoms with van der Waals surface area (Å²) >= 11 is 0. The topological polar surface area (TPSA) is 26.0 Å². The SMILES string of the molecule is C[C@H](/C=C/c1ccccc1)CC/C=C/N. The first kappa shape index (κ1) is 11.6. The van der Waals surface area contributed by atoms with Crippen molar-refractivity contribution in [3.8, 4) is 0 Å². The van der Waals surface area contributed by atoms with E-state index < -0.39 is 0 Å². The van der Waals surface area contributed by atoms with Crippen LogP contribution in [0, 0.1) is 5.92 Å². The number of allylic oxidation sites excluding steroid dienone is 2. The molecule has 0 fully saturated rings. The van der Waals surface area contributed by atoms with E-state index in [1.54, 1.807) is 6.20 Å². The number of hydrogen-bond acceptors (Lipinski definition) is 1. The average Bonchev–Trinajstić information content (AvgIpc) is 2.28. The summed E-state index contributed by atoms with van der Waals surface area (Å²) in [6.45, 7) is 2.23. The van der Waals surface area contributed by atoms with Gasteiger partial charge >= 0.3 is 0 Å². The highest BCUT2D eigenvalue weighted by atomic mass is 14.5. The third kappa shape index (κ3) is 5.06. The van der Waals surface area contributed by atoms with Crippen molar-refractivity contribution in [3.63, 3.8) is 0 Å². The molecule has 0 aromatic heterocycles. The van der Waals surface area contributed by atoms with E-state index in [0.29, 0.717) is 5.92 Å². The van der Waals surface area contributed by atoms with E-state index in [-0.39, 0.29) is 0 Å². The van der Waals surface area contributed by atoms with Gasteiger partial charge in [-0.3, -0.25) is 0 Å². The average molecular weight is 201 g/mol. The van der Waals surface area contributed by atoms with Crippen LogP contribution in [0.1, 0.15) is 25.3 Å². The first-order valence-electron chi connectivity index (χ1n) is 5.43. The van der Waals surface area contributed by atoms with E-state index in [1.807, 2.05) is 12.1 Å². The summed E-state index contributed by atoms with van der Waals surface area (Å²) < 4.78 is 0. The minimum Gasteiger partial charge on any atom is -0.405 e. The molecule has 0 saturated carbocycles. The second-order valence-corrected chi connectivity index (χ2v) is 3.75. The predicted octanol–water partition coefficient (Wildman–Crippen LogP) is 3.59. The molecule has 0 radical (unpaired) electrons. The molecule has 0 aliphatic carbocycles. The molecule has 15 heavy (non-hydrogen) atoms. The highest BCUT2D eigenvalue weighted by molar-refractivity contribution is 5.48. The van der Waals surface area contributed by atoms with Gasteiger partial charge in [-0.15, -0.1) is 0 Å². The second kappa shape index (κ2) is 6.88. The van der Waals surface area contributed by atoms with Crippen molar-refractivity contribution < 1.29 is 0 Å². The minimum atomic E-state index is 0.599. The van der Waals surface area contributed by atoms with Crippen molar-refractivity contribution in [3.05, 3.63) is 54.2 Å². The molecular formula is C14H19N. The zero-order valence-corrected chi connectivity index (χ0v) is 9.27. The Morgan fingerprint density at radius 3 is 2.67 bits per heavy atom. The van der Waals surface area contributed by atoms with Crippen LogP contribution in [0.2, 0.25) is 0 Å². The van der Waals surface area contributed by atoms with E-state index in [0.717, 1.165) is 12.8 Å². The van der Waals surface area contributed by atoms with Crippen molar-refractivity contribution in [2.75, 3.05) is 0 Å². The Bertz CT molecular complexity index is 311. The molecule has 1 heteroatoms. The molecule has 1 atom stereocenters. The van der Waals surface area contributed by atoms with Gasteiger partial charge in [-0.1, -0.05) is 55.5 Å². The number of hydrogen-bond donors (Lipinski definition) is 1. The Hall–Kier alpha value is -1.50. The van der Waals surface area contributed by atoms with E-state index in [2.05, 4.69) is 43.3 Å². The van der Waals surface area contributed by atoms with Crippen LogP contribution in [0.25, 0.3) is 6.08 Å². The number of benzene rings is 1. The molecular weight excluding hydrogens is 182 g/mol. The first-order valence-corrected chi connectivity index (χ1v) is 5.43. The molecule has 1 rings (SSSR count). The molecule has 0 amide bonds. The molecule has 0 unspecified atom stereocenters. The maximum atomic E-state index is 5.28. The zero-order chi connectivity index (χ0) is 10.9. The quantitative estimate of drug-likeness (QED) is 0.774. The highest BCUT2D eigenvalue weighted by Crippen LogP contribution is 2.10. The van der Waals surface area contributed by atoms with Crippen molar-refractivity contribution in [2.24, 2.45) is 11.7 Å². The van der Waals surface area contributed by atoms with Gasteiger partial charge < -0.3 is 5.73 Å². The van der Waals surface area contributed by atoms with Gasteiger partial charge in [-0.05, 0) is 30.5 Å². The molecule has 2 N–H and O–H groups in total. The fourth-order valence-corrected chi connectivity index (χ4v) is 1.39. The molecule has 0 bridgehead atoms. The molecule has 0 saturated heterocycles. The standard InChI is InChI=1S/C14H19N/c1-13(7-5-6-12-15)10-11-14-8-3-2-4-9-14/h2-4,6,8-13H,5,7,15H2,1H3/b11-10+,12-6+/t13-/m0/s1. The van der Waals surface area contributed by atoms with Crippen LogP contribution in [-0.4, -0.2) is 0 Å². The monoisotopic (exact) mass is 201 g/mol. The summed E-state index contributed by atoms with van der Waals surface area (Å²) in [6.07, 6.45) is 10.3. The lowest BCUT2D eigenvalue weighted by Gasteiger charge is -2.02. The fourth-order valence-electron chi connectivity index (χ4n) is 1.39. The van der Waals surface area contributed by atoms with Gasteiger partial charge in [0.25, 0.3) is 0 Å². The lowest BCUT2D eigenvalue weighted by atomic mass is 10.0. The molecule has 0 aliphatic rings. The Kier molecular flexibility index (Phi) is 5.31. The maximum absolute atomic E-state index is 5.28. The lowest BCUT2D eigenvalue weighted by molar-refractivity contribution is 0.660. The third-order valence-corrected chi connectivity index (χ3v) is 2.34. The number of nitrogens with two attached hydrogens (primary N) is 1. The summed E-state index contributed by atoms with van der Waals surface area (Å²) in [5, 5.41) is 0. The molecule has 0 aliphatic heterocycles. The van der Waals surface area contributed by atoms with E-state index in [1.165, 1.54) is 5.56 Å². The molecule has 0 spiro atoms. The summed E-state index contributed by atoms with van der Waals surface area (Å²) in [7, 11) is 0. The van der Waals surface area contributed by atoms with Crippen LogP contribution in [0.5, 0.6) is 0 Å². The Labute approximate surface area is 92.3 Å². The maximum Gasteiger partial charge on any atom is -0.0103 e. The third-order valence-electron chi connectivity index (χ3n) is 2.34. The molecule has 80 valence electrons. The molecule has 0 heterocycles. The fraction of sp³-hybridized carbons (Fsp3) is 0.286. The summed E-state index contributed by atoms with van der Waals surface area (Å²) in [5.74, 6) is 0.599. The van der Waals surface area contributed by atoms with Crippen LogP contribution in [0.3, 0.4) is 0 Å². The van der Waals surface area contributed by atoms with Gasteiger partial charge in [0.05, 0.1) is 0 Å². The molecule has 1 nitrogen and oxygen atoms in total. The zero-order valence-electron chi connectivity index (χ0n) is 9.27. The van der Waals surface area contributed by atoms with Crippen molar-refractivity contribution in [1.29, 1.82) is 0 Å². The molecule has 1 aromatic rings. The summed E-state index contributed by atoms with van der Waals surface area (Å²) in [5.41, 5.74) is 6.54. The van der Waals surface area contributed by atoms with Crippen LogP contribution in [0.4, 0.5) is 0 Å². The van der Waals surface area contributed by atoms with Gasteiger partial charge in [0.1, 0.15) is 0 Å². The van der Waals surface area contributed by atoms with Crippen molar-refractivity contribution in [1.82, 2.24) is 0 Å². The summed E-state index contributed by atoms with van der Waals surface area (Å²) in [4.78, 5) is 0. The Balaban J connectivity index is 2.37. The normalized spacial score (nSPS) is 13.7. The van der Waals surface area contributed by atoms with Crippen LogP contribution in [0.15, 0.2) is 48.7 Å². The van der Waals surface area contributed by atoms with Crippen LogP contribution >= 0.6 is 0 Å². The predicted molar refractivity (Wildman–Crippen MR) is 67.2 cm³/mol. The highest BCUT2D eigenvalue weighted by Gasteiger charge is 1.94. The van der Waals surface area contributed by atoms with Gasteiger partial charge in [0, 0.05) is 0 Å². The van der Waals surface area contributed by atoms with Gasteiger partial charge in [-0.2, -0.15) is 0 Å².